The van der Waals surface area contributed by atoms with Crippen molar-refractivity contribution in [3.8, 4) is 11.3 Å². The normalized spacial score (nSPS) is 15.0. The molecule has 1 saturated carbocycles. The molecular weight excluding hydrogens is 308 g/mol. The second-order valence-corrected chi connectivity index (χ2v) is 7.31. The van der Waals surface area contributed by atoms with Gasteiger partial charge in [-0.15, -0.1) is 0 Å². The maximum absolute atomic E-state index is 4.95. The van der Waals surface area contributed by atoms with E-state index in [-0.39, 0.29) is 0 Å². The van der Waals surface area contributed by atoms with Crippen molar-refractivity contribution in [2.24, 2.45) is 0 Å². The number of fused-ring (bicyclic) bond motifs is 1. The fourth-order valence-electron chi connectivity index (χ4n) is 3.67. The average molecular weight is 334 g/mol. The van der Waals surface area contributed by atoms with E-state index < -0.39 is 0 Å². The van der Waals surface area contributed by atoms with Crippen LogP contribution in [0.2, 0.25) is 0 Å². The summed E-state index contributed by atoms with van der Waals surface area (Å²) in [7, 11) is 4.13. The third kappa shape index (κ3) is 3.09. The number of hydrogen-bond acceptors (Lipinski definition) is 3. The van der Waals surface area contributed by atoms with Gasteiger partial charge >= 0.3 is 0 Å². The van der Waals surface area contributed by atoms with E-state index in [0.717, 1.165) is 22.7 Å². The lowest BCUT2D eigenvalue weighted by Gasteiger charge is -2.16. The molecule has 1 aromatic carbocycles. The third-order valence-corrected chi connectivity index (χ3v) is 5.13. The number of anilines is 2. The summed E-state index contributed by atoms with van der Waals surface area (Å²) < 4.78 is 2.19. The largest absolute Gasteiger partial charge is 0.378 e. The van der Waals surface area contributed by atoms with Crippen LogP contribution in [0.5, 0.6) is 0 Å². The number of nitrogens with zero attached hydrogens (tertiary/aromatic N) is 3. The van der Waals surface area contributed by atoms with Gasteiger partial charge in [0, 0.05) is 37.6 Å². The lowest BCUT2D eigenvalue weighted by Crippen LogP contribution is -2.16. The van der Waals surface area contributed by atoms with Gasteiger partial charge in [0.2, 0.25) is 0 Å². The summed E-state index contributed by atoms with van der Waals surface area (Å²) in [6, 6.07) is 13.5. The summed E-state index contributed by atoms with van der Waals surface area (Å²) in [4.78, 5) is 7.07. The zero-order valence-corrected chi connectivity index (χ0v) is 15.3. The monoisotopic (exact) mass is 334 g/mol. The van der Waals surface area contributed by atoms with Crippen molar-refractivity contribution in [3.63, 3.8) is 0 Å². The number of pyridine rings is 1. The first-order chi connectivity index (χ1) is 12.1. The molecule has 0 unspecified atom stereocenters. The van der Waals surface area contributed by atoms with E-state index in [4.69, 9.17) is 4.98 Å². The van der Waals surface area contributed by atoms with Gasteiger partial charge in [0.15, 0.2) is 0 Å². The quantitative estimate of drug-likeness (QED) is 0.748. The Hall–Kier alpha value is -2.49. The van der Waals surface area contributed by atoms with Crippen LogP contribution in [0.3, 0.4) is 0 Å². The van der Waals surface area contributed by atoms with Crippen molar-refractivity contribution in [1.29, 1.82) is 0 Å². The van der Waals surface area contributed by atoms with E-state index >= 15 is 0 Å². The lowest BCUT2D eigenvalue weighted by molar-refractivity contribution is 0.749. The topological polar surface area (TPSA) is 32.6 Å². The Bertz CT molecular complexity index is 871. The average Bonchev–Trinajstić information content (AvgIpc) is 3.23. The summed E-state index contributed by atoms with van der Waals surface area (Å²) in [6.07, 6.45) is 7.27. The molecule has 0 radical (unpaired) electrons. The Morgan fingerprint density at radius 1 is 1.08 bits per heavy atom. The molecule has 1 fully saturated rings. The number of nitrogens with one attached hydrogen (secondary N) is 1. The van der Waals surface area contributed by atoms with Crippen molar-refractivity contribution >= 4 is 17.2 Å². The number of rotatable bonds is 4. The number of imidazole rings is 1. The number of benzene rings is 1. The predicted octanol–water partition coefficient (Wildman–Crippen LogP) is 4.73. The second kappa shape index (κ2) is 6.43. The third-order valence-electron chi connectivity index (χ3n) is 5.13. The Kier molecular flexibility index (Phi) is 4.12. The highest BCUT2D eigenvalue weighted by Crippen LogP contribution is 2.32. The van der Waals surface area contributed by atoms with Crippen molar-refractivity contribution in [1.82, 2.24) is 9.38 Å². The highest BCUT2D eigenvalue weighted by Gasteiger charge is 2.20. The van der Waals surface area contributed by atoms with Gasteiger partial charge < -0.3 is 10.2 Å². The molecule has 1 aliphatic rings. The highest BCUT2D eigenvalue weighted by atomic mass is 15.1. The van der Waals surface area contributed by atoms with Gasteiger partial charge in [0.1, 0.15) is 17.2 Å². The van der Waals surface area contributed by atoms with E-state index in [1.807, 2.05) is 0 Å². The van der Waals surface area contributed by atoms with Crippen LogP contribution >= 0.6 is 0 Å². The van der Waals surface area contributed by atoms with Crippen LogP contribution in [0.25, 0.3) is 16.9 Å². The summed E-state index contributed by atoms with van der Waals surface area (Å²) in [5, 5.41) is 3.78. The molecule has 4 rings (SSSR count). The van der Waals surface area contributed by atoms with Gasteiger partial charge in [0.25, 0.3) is 0 Å². The molecule has 1 aliphatic carbocycles. The van der Waals surface area contributed by atoms with Gasteiger partial charge in [-0.05, 0) is 49.6 Å². The van der Waals surface area contributed by atoms with Crippen LogP contribution in [0.1, 0.15) is 31.2 Å². The minimum absolute atomic E-state index is 0.556. The smallest absolute Gasteiger partial charge is 0.139 e. The summed E-state index contributed by atoms with van der Waals surface area (Å²) in [5.41, 5.74) is 5.65. The van der Waals surface area contributed by atoms with Crippen molar-refractivity contribution < 1.29 is 0 Å². The van der Waals surface area contributed by atoms with Gasteiger partial charge in [-0.3, -0.25) is 4.40 Å². The van der Waals surface area contributed by atoms with Crippen molar-refractivity contribution in [2.75, 3.05) is 24.3 Å². The Morgan fingerprint density at radius 2 is 1.80 bits per heavy atom. The van der Waals surface area contributed by atoms with Gasteiger partial charge in [-0.2, -0.15) is 0 Å². The van der Waals surface area contributed by atoms with E-state index in [2.05, 4.69) is 78.2 Å². The van der Waals surface area contributed by atoms with Gasteiger partial charge in [0.05, 0.1) is 0 Å². The molecule has 0 atom stereocenters. The molecule has 4 heteroatoms. The molecule has 130 valence electrons. The standard InChI is InChI=1S/C21H26N4/c1-15-12-13-25-19(14-15)23-20(21(25)22-17-6-4-5-7-17)16-8-10-18(11-9-16)24(2)3/h8-14,17,22H,4-7H2,1-3H3. The molecule has 0 amide bonds. The maximum atomic E-state index is 4.95. The van der Waals surface area contributed by atoms with E-state index in [1.54, 1.807) is 0 Å². The molecule has 2 aromatic heterocycles. The number of hydrogen-bond donors (Lipinski definition) is 1. The Morgan fingerprint density at radius 3 is 2.48 bits per heavy atom. The fraction of sp³-hybridized carbons (Fsp3) is 0.381. The fourth-order valence-corrected chi connectivity index (χ4v) is 3.67. The van der Waals surface area contributed by atoms with Gasteiger partial charge in [-0.25, -0.2) is 4.98 Å². The van der Waals surface area contributed by atoms with Crippen LogP contribution in [0.15, 0.2) is 42.6 Å². The summed E-state index contributed by atoms with van der Waals surface area (Å²) >= 11 is 0. The molecule has 3 aromatic rings. The van der Waals surface area contributed by atoms with Crippen LogP contribution in [0.4, 0.5) is 11.5 Å². The Balaban J connectivity index is 1.80. The second-order valence-electron chi connectivity index (χ2n) is 7.31. The molecule has 0 spiro atoms. The molecule has 1 N–H and O–H groups in total. The molecule has 0 saturated heterocycles. The van der Waals surface area contributed by atoms with Crippen molar-refractivity contribution in [3.05, 3.63) is 48.2 Å². The minimum atomic E-state index is 0.556. The van der Waals surface area contributed by atoms with E-state index in [0.29, 0.717) is 6.04 Å². The first-order valence-corrected chi connectivity index (χ1v) is 9.15. The van der Waals surface area contributed by atoms with Crippen LogP contribution in [-0.4, -0.2) is 29.5 Å². The van der Waals surface area contributed by atoms with E-state index in [9.17, 15) is 0 Å². The lowest BCUT2D eigenvalue weighted by atomic mass is 10.1. The van der Waals surface area contributed by atoms with Gasteiger partial charge in [-0.1, -0.05) is 25.0 Å². The molecular formula is C21H26N4. The molecule has 0 bridgehead atoms. The number of aromatic nitrogens is 2. The highest BCUT2D eigenvalue weighted by molar-refractivity contribution is 5.77. The molecule has 2 heterocycles. The van der Waals surface area contributed by atoms with Crippen LogP contribution in [0, 0.1) is 6.92 Å². The molecule has 25 heavy (non-hydrogen) atoms. The minimum Gasteiger partial charge on any atom is -0.378 e. The molecule has 4 nitrogen and oxygen atoms in total. The summed E-state index contributed by atoms with van der Waals surface area (Å²) in [6.45, 7) is 2.12. The van der Waals surface area contributed by atoms with E-state index in [1.165, 1.54) is 36.9 Å². The SMILES string of the molecule is Cc1ccn2c(NC3CCCC3)c(-c3ccc(N(C)C)cc3)nc2c1. The predicted molar refractivity (Wildman–Crippen MR) is 106 cm³/mol. The molecule has 0 aliphatic heterocycles. The van der Waals surface area contributed by atoms with Crippen LogP contribution < -0.4 is 10.2 Å². The Labute approximate surface area is 149 Å². The summed E-state index contributed by atoms with van der Waals surface area (Å²) in [5.74, 6) is 1.12. The van der Waals surface area contributed by atoms with Crippen LogP contribution in [-0.2, 0) is 0 Å². The zero-order valence-electron chi connectivity index (χ0n) is 15.3. The zero-order chi connectivity index (χ0) is 17.4. The maximum Gasteiger partial charge on any atom is 0.139 e. The van der Waals surface area contributed by atoms with Crippen molar-refractivity contribution in [2.45, 2.75) is 38.6 Å². The number of aryl methyl sites for hydroxylation is 1. The first-order valence-electron chi connectivity index (χ1n) is 9.15. The first kappa shape index (κ1) is 16.0.